The number of pyridine rings is 1. The standard InChI is InChI=1S/C12H9BrClFN2/c13-9-5-4-8(10(15)6-9)7-16-12-3-1-2-11(14)17-12/h1-6H,7H2,(H,16,17). The maximum atomic E-state index is 13.5. The van der Waals surface area contributed by atoms with Crippen molar-refractivity contribution >= 4 is 33.3 Å². The van der Waals surface area contributed by atoms with E-state index in [9.17, 15) is 4.39 Å². The summed E-state index contributed by atoms with van der Waals surface area (Å²) in [6.45, 7) is 0.368. The Bertz CT molecular complexity index is 534. The molecule has 0 radical (unpaired) electrons. The molecule has 0 spiro atoms. The predicted molar refractivity (Wildman–Crippen MR) is 70.7 cm³/mol. The quantitative estimate of drug-likeness (QED) is 0.857. The molecule has 1 aromatic carbocycles. The van der Waals surface area contributed by atoms with Crippen LogP contribution in [0.15, 0.2) is 40.9 Å². The Kier molecular flexibility index (Phi) is 3.97. The molecule has 88 valence electrons. The first-order chi connectivity index (χ1) is 8.15. The summed E-state index contributed by atoms with van der Waals surface area (Å²) < 4.78 is 14.2. The number of rotatable bonds is 3. The fourth-order valence-electron chi connectivity index (χ4n) is 1.36. The van der Waals surface area contributed by atoms with E-state index in [1.807, 2.05) is 0 Å². The number of aromatic nitrogens is 1. The fraction of sp³-hybridized carbons (Fsp3) is 0.0833. The van der Waals surface area contributed by atoms with Crippen LogP contribution in [0.25, 0.3) is 0 Å². The molecule has 0 bridgehead atoms. The second-order valence-corrected chi connectivity index (χ2v) is 4.74. The van der Waals surface area contributed by atoms with Gasteiger partial charge in [0.1, 0.15) is 16.8 Å². The second kappa shape index (κ2) is 5.47. The van der Waals surface area contributed by atoms with Gasteiger partial charge in [0.05, 0.1) is 0 Å². The number of anilines is 1. The van der Waals surface area contributed by atoms with Crippen molar-refractivity contribution in [2.75, 3.05) is 5.32 Å². The molecular weight excluding hydrogens is 307 g/mol. The molecule has 0 aliphatic carbocycles. The SMILES string of the molecule is Fc1cc(Br)ccc1CNc1cccc(Cl)n1. The molecule has 0 aliphatic heterocycles. The summed E-state index contributed by atoms with van der Waals surface area (Å²) >= 11 is 8.96. The molecular formula is C12H9BrClFN2. The second-order valence-electron chi connectivity index (χ2n) is 3.43. The number of hydrogen-bond acceptors (Lipinski definition) is 2. The minimum Gasteiger partial charge on any atom is -0.366 e. The highest BCUT2D eigenvalue weighted by molar-refractivity contribution is 9.10. The Morgan fingerprint density at radius 1 is 1.29 bits per heavy atom. The van der Waals surface area contributed by atoms with Crippen molar-refractivity contribution in [2.24, 2.45) is 0 Å². The topological polar surface area (TPSA) is 24.9 Å². The molecule has 5 heteroatoms. The summed E-state index contributed by atoms with van der Waals surface area (Å²) in [5.41, 5.74) is 0.579. The number of benzene rings is 1. The largest absolute Gasteiger partial charge is 0.366 e. The van der Waals surface area contributed by atoms with Gasteiger partial charge in [0.15, 0.2) is 0 Å². The normalized spacial score (nSPS) is 10.3. The molecule has 0 saturated heterocycles. The lowest BCUT2D eigenvalue weighted by Gasteiger charge is -2.07. The smallest absolute Gasteiger partial charge is 0.131 e. The van der Waals surface area contributed by atoms with Crippen LogP contribution < -0.4 is 5.32 Å². The van der Waals surface area contributed by atoms with Crippen LogP contribution in [0.5, 0.6) is 0 Å². The van der Waals surface area contributed by atoms with Gasteiger partial charge in [-0.15, -0.1) is 0 Å². The van der Waals surface area contributed by atoms with Gasteiger partial charge in [0, 0.05) is 16.6 Å². The van der Waals surface area contributed by atoms with E-state index in [-0.39, 0.29) is 5.82 Å². The van der Waals surface area contributed by atoms with E-state index in [1.54, 1.807) is 30.3 Å². The molecule has 0 amide bonds. The van der Waals surface area contributed by atoms with Crippen LogP contribution in [0.2, 0.25) is 5.15 Å². The van der Waals surface area contributed by atoms with Gasteiger partial charge in [0.25, 0.3) is 0 Å². The molecule has 2 aromatic rings. The minimum absolute atomic E-state index is 0.256. The van der Waals surface area contributed by atoms with Crippen molar-refractivity contribution in [3.63, 3.8) is 0 Å². The van der Waals surface area contributed by atoms with Crippen molar-refractivity contribution in [1.82, 2.24) is 4.98 Å². The van der Waals surface area contributed by atoms with Crippen molar-refractivity contribution in [3.05, 3.63) is 57.4 Å². The monoisotopic (exact) mass is 314 g/mol. The Morgan fingerprint density at radius 2 is 2.12 bits per heavy atom. The summed E-state index contributed by atoms with van der Waals surface area (Å²) in [6, 6.07) is 10.2. The number of nitrogens with zero attached hydrogens (tertiary/aromatic N) is 1. The van der Waals surface area contributed by atoms with E-state index in [0.29, 0.717) is 23.1 Å². The third kappa shape index (κ3) is 3.41. The first-order valence-electron chi connectivity index (χ1n) is 4.95. The van der Waals surface area contributed by atoms with Crippen LogP contribution in [0.1, 0.15) is 5.56 Å². The van der Waals surface area contributed by atoms with Gasteiger partial charge in [0.2, 0.25) is 0 Å². The highest BCUT2D eigenvalue weighted by atomic mass is 79.9. The molecule has 0 atom stereocenters. The van der Waals surface area contributed by atoms with Gasteiger partial charge >= 0.3 is 0 Å². The molecule has 0 unspecified atom stereocenters. The van der Waals surface area contributed by atoms with E-state index >= 15 is 0 Å². The molecule has 1 heterocycles. The summed E-state index contributed by atoms with van der Waals surface area (Å²) in [5.74, 6) is 0.369. The zero-order valence-corrected chi connectivity index (χ0v) is 11.1. The molecule has 1 aromatic heterocycles. The molecule has 0 fully saturated rings. The zero-order valence-electron chi connectivity index (χ0n) is 8.75. The van der Waals surface area contributed by atoms with E-state index in [4.69, 9.17) is 11.6 Å². The van der Waals surface area contributed by atoms with Gasteiger partial charge in [-0.05, 0) is 24.3 Å². The minimum atomic E-state index is -0.256. The average molecular weight is 316 g/mol. The molecule has 1 N–H and O–H groups in total. The lowest BCUT2D eigenvalue weighted by Crippen LogP contribution is -2.03. The Morgan fingerprint density at radius 3 is 2.82 bits per heavy atom. The summed E-state index contributed by atoms with van der Waals surface area (Å²) in [6.07, 6.45) is 0. The number of nitrogens with one attached hydrogen (secondary N) is 1. The first kappa shape index (κ1) is 12.3. The average Bonchev–Trinajstić information content (AvgIpc) is 2.28. The van der Waals surface area contributed by atoms with Crippen molar-refractivity contribution < 1.29 is 4.39 Å². The molecule has 0 saturated carbocycles. The number of hydrogen-bond donors (Lipinski definition) is 1. The van der Waals surface area contributed by atoms with Gasteiger partial charge in [-0.1, -0.05) is 39.7 Å². The Hall–Kier alpha value is -1.13. The van der Waals surface area contributed by atoms with Gasteiger partial charge in [-0.25, -0.2) is 9.37 Å². The predicted octanol–water partition coefficient (Wildman–Crippen LogP) is 4.25. The maximum absolute atomic E-state index is 13.5. The fourth-order valence-corrected chi connectivity index (χ4v) is 1.85. The zero-order chi connectivity index (χ0) is 12.3. The third-order valence-electron chi connectivity index (χ3n) is 2.19. The van der Waals surface area contributed by atoms with Gasteiger partial charge in [-0.2, -0.15) is 0 Å². The van der Waals surface area contributed by atoms with E-state index in [2.05, 4.69) is 26.2 Å². The van der Waals surface area contributed by atoms with Crippen LogP contribution in [-0.2, 0) is 6.54 Å². The Balaban J connectivity index is 2.07. The molecule has 0 aliphatic rings. The summed E-state index contributed by atoms with van der Waals surface area (Å²) in [4.78, 5) is 4.06. The van der Waals surface area contributed by atoms with Crippen molar-refractivity contribution in [3.8, 4) is 0 Å². The number of halogens is 3. The molecule has 17 heavy (non-hydrogen) atoms. The lowest BCUT2D eigenvalue weighted by molar-refractivity contribution is 0.612. The third-order valence-corrected chi connectivity index (χ3v) is 2.89. The lowest BCUT2D eigenvalue weighted by atomic mass is 10.2. The van der Waals surface area contributed by atoms with Crippen LogP contribution in [0, 0.1) is 5.82 Å². The van der Waals surface area contributed by atoms with E-state index in [0.717, 1.165) is 4.47 Å². The molecule has 2 rings (SSSR count). The van der Waals surface area contributed by atoms with Crippen molar-refractivity contribution in [1.29, 1.82) is 0 Å². The van der Waals surface area contributed by atoms with Gasteiger partial charge < -0.3 is 5.32 Å². The highest BCUT2D eigenvalue weighted by Crippen LogP contribution is 2.16. The van der Waals surface area contributed by atoms with Crippen molar-refractivity contribution in [2.45, 2.75) is 6.54 Å². The van der Waals surface area contributed by atoms with E-state index in [1.165, 1.54) is 6.07 Å². The van der Waals surface area contributed by atoms with Crippen LogP contribution in [0.3, 0.4) is 0 Å². The van der Waals surface area contributed by atoms with Crippen LogP contribution >= 0.6 is 27.5 Å². The van der Waals surface area contributed by atoms with Crippen LogP contribution in [-0.4, -0.2) is 4.98 Å². The summed E-state index contributed by atoms with van der Waals surface area (Å²) in [7, 11) is 0. The van der Waals surface area contributed by atoms with E-state index < -0.39 is 0 Å². The maximum Gasteiger partial charge on any atom is 0.131 e. The Labute approximate surface area is 112 Å². The highest BCUT2D eigenvalue weighted by Gasteiger charge is 2.03. The summed E-state index contributed by atoms with van der Waals surface area (Å²) in [5, 5.41) is 3.42. The molecule has 2 nitrogen and oxygen atoms in total. The first-order valence-corrected chi connectivity index (χ1v) is 6.12. The van der Waals surface area contributed by atoms with Crippen LogP contribution in [0.4, 0.5) is 10.2 Å². The van der Waals surface area contributed by atoms with Gasteiger partial charge in [-0.3, -0.25) is 0 Å².